The molecule has 0 radical (unpaired) electrons. The predicted octanol–water partition coefficient (Wildman–Crippen LogP) is 0.0397. The lowest BCUT2D eigenvalue weighted by Gasteiger charge is -2.08. The maximum absolute atomic E-state index is 8.67. The normalized spacial score (nSPS) is 13.1. The van der Waals surface area contributed by atoms with Gasteiger partial charge in [0.25, 0.3) is 0 Å². The number of aliphatic hydroxyl groups is 1. The summed E-state index contributed by atoms with van der Waals surface area (Å²) in [5.74, 6) is 1.92. The molecule has 4 heteroatoms. The van der Waals surface area contributed by atoms with Crippen LogP contribution in [0.25, 0.3) is 0 Å². The van der Waals surface area contributed by atoms with Gasteiger partial charge in [-0.25, -0.2) is 0 Å². The molecule has 1 rings (SSSR count). The SMILES string of the molecule is Cc1ccc(CCNCC(N)CO)o1. The summed E-state index contributed by atoms with van der Waals surface area (Å²) < 4.78 is 5.40. The number of nitrogens with one attached hydrogen (secondary N) is 1. The van der Waals surface area contributed by atoms with E-state index in [-0.39, 0.29) is 12.6 Å². The van der Waals surface area contributed by atoms with Crippen LogP contribution in [0, 0.1) is 6.92 Å². The van der Waals surface area contributed by atoms with Crippen molar-refractivity contribution in [3.05, 3.63) is 23.7 Å². The fourth-order valence-electron chi connectivity index (χ4n) is 1.18. The Morgan fingerprint density at radius 3 is 2.93 bits per heavy atom. The maximum Gasteiger partial charge on any atom is 0.105 e. The summed E-state index contributed by atoms with van der Waals surface area (Å²) >= 11 is 0. The third-order valence-corrected chi connectivity index (χ3v) is 1.99. The highest BCUT2D eigenvalue weighted by Crippen LogP contribution is 2.05. The molecule has 4 nitrogen and oxygen atoms in total. The highest BCUT2D eigenvalue weighted by molar-refractivity contribution is 5.05. The second kappa shape index (κ2) is 5.80. The van der Waals surface area contributed by atoms with Crippen LogP contribution in [0.5, 0.6) is 0 Å². The molecule has 80 valence electrons. The van der Waals surface area contributed by atoms with E-state index in [0.717, 1.165) is 24.5 Å². The summed E-state index contributed by atoms with van der Waals surface area (Å²) in [6.45, 7) is 3.41. The van der Waals surface area contributed by atoms with E-state index in [2.05, 4.69) is 5.32 Å². The van der Waals surface area contributed by atoms with Gasteiger partial charge in [-0.15, -0.1) is 0 Å². The highest BCUT2D eigenvalue weighted by atomic mass is 16.3. The second-order valence-electron chi connectivity index (χ2n) is 3.41. The third-order valence-electron chi connectivity index (χ3n) is 1.99. The van der Waals surface area contributed by atoms with Crippen LogP contribution in [-0.4, -0.2) is 30.8 Å². The number of hydrogen-bond acceptors (Lipinski definition) is 4. The Labute approximate surface area is 84.1 Å². The van der Waals surface area contributed by atoms with Gasteiger partial charge in [-0.3, -0.25) is 0 Å². The molecule has 4 N–H and O–H groups in total. The smallest absolute Gasteiger partial charge is 0.105 e. The van der Waals surface area contributed by atoms with Crippen molar-refractivity contribution in [3.8, 4) is 0 Å². The molecule has 1 heterocycles. The Kier molecular flexibility index (Phi) is 4.65. The van der Waals surface area contributed by atoms with Crippen LogP contribution in [0.15, 0.2) is 16.5 Å². The molecule has 14 heavy (non-hydrogen) atoms. The highest BCUT2D eigenvalue weighted by Gasteiger charge is 2.00. The molecule has 1 atom stereocenters. The Balaban J connectivity index is 2.10. The van der Waals surface area contributed by atoms with Gasteiger partial charge in [-0.05, 0) is 19.1 Å². The van der Waals surface area contributed by atoms with E-state index >= 15 is 0 Å². The second-order valence-corrected chi connectivity index (χ2v) is 3.41. The van der Waals surface area contributed by atoms with Crippen molar-refractivity contribution in [1.82, 2.24) is 5.32 Å². The zero-order valence-corrected chi connectivity index (χ0v) is 8.49. The van der Waals surface area contributed by atoms with Crippen LogP contribution in [0.2, 0.25) is 0 Å². The minimum atomic E-state index is -0.173. The topological polar surface area (TPSA) is 71.4 Å². The van der Waals surface area contributed by atoms with Crippen molar-refractivity contribution in [3.63, 3.8) is 0 Å². The monoisotopic (exact) mass is 198 g/mol. The van der Waals surface area contributed by atoms with Crippen LogP contribution >= 0.6 is 0 Å². The molecule has 0 aliphatic heterocycles. The number of aryl methyl sites for hydroxylation is 1. The summed E-state index contributed by atoms with van der Waals surface area (Å²) in [6, 6.07) is 3.76. The Morgan fingerprint density at radius 2 is 2.36 bits per heavy atom. The average Bonchev–Trinajstić information content (AvgIpc) is 2.58. The summed E-state index contributed by atoms with van der Waals surface area (Å²) in [5, 5.41) is 11.8. The summed E-state index contributed by atoms with van der Waals surface area (Å²) in [6.07, 6.45) is 0.853. The molecular weight excluding hydrogens is 180 g/mol. The first kappa shape index (κ1) is 11.2. The maximum atomic E-state index is 8.67. The van der Waals surface area contributed by atoms with Gasteiger partial charge in [-0.1, -0.05) is 0 Å². The minimum Gasteiger partial charge on any atom is -0.466 e. The minimum absolute atomic E-state index is 0.0207. The molecule has 0 fully saturated rings. The van der Waals surface area contributed by atoms with Crippen molar-refractivity contribution in [1.29, 1.82) is 0 Å². The molecule has 1 unspecified atom stereocenters. The van der Waals surface area contributed by atoms with Gasteiger partial charge in [-0.2, -0.15) is 0 Å². The van der Waals surface area contributed by atoms with Gasteiger partial charge < -0.3 is 20.6 Å². The lowest BCUT2D eigenvalue weighted by Crippen LogP contribution is -2.37. The van der Waals surface area contributed by atoms with E-state index in [1.807, 2.05) is 19.1 Å². The van der Waals surface area contributed by atoms with Gasteiger partial charge in [0.2, 0.25) is 0 Å². The van der Waals surface area contributed by atoms with Crippen molar-refractivity contribution in [2.24, 2.45) is 5.73 Å². The van der Waals surface area contributed by atoms with E-state index in [9.17, 15) is 0 Å². The molecule has 0 saturated carbocycles. The van der Waals surface area contributed by atoms with Crippen LogP contribution in [-0.2, 0) is 6.42 Å². The first-order valence-electron chi connectivity index (χ1n) is 4.85. The Hall–Kier alpha value is -0.840. The molecule has 0 aliphatic rings. The molecule has 1 aromatic heterocycles. The first-order chi connectivity index (χ1) is 6.72. The van der Waals surface area contributed by atoms with Crippen molar-refractivity contribution in [2.45, 2.75) is 19.4 Å². The number of rotatable bonds is 6. The third kappa shape index (κ3) is 3.91. The molecule has 0 aromatic carbocycles. The van der Waals surface area contributed by atoms with Gasteiger partial charge in [0, 0.05) is 25.6 Å². The van der Waals surface area contributed by atoms with Crippen LogP contribution in [0.1, 0.15) is 11.5 Å². The van der Waals surface area contributed by atoms with Crippen LogP contribution < -0.4 is 11.1 Å². The molecule has 1 aromatic rings. The first-order valence-corrected chi connectivity index (χ1v) is 4.85. The van der Waals surface area contributed by atoms with Crippen LogP contribution in [0.3, 0.4) is 0 Å². The molecular formula is C10H18N2O2. The molecule has 0 bridgehead atoms. The zero-order valence-electron chi connectivity index (χ0n) is 8.49. The molecule has 0 aliphatic carbocycles. The predicted molar refractivity (Wildman–Crippen MR) is 55.1 cm³/mol. The number of nitrogens with two attached hydrogens (primary N) is 1. The van der Waals surface area contributed by atoms with E-state index in [1.165, 1.54) is 0 Å². The summed E-state index contributed by atoms with van der Waals surface area (Å²) in [7, 11) is 0. The number of hydrogen-bond donors (Lipinski definition) is 3. The van der Waals surface area contributed by atoms with E-state index in [4.69, 9.17) is 15.3 Å². The number of furan rings is 1. The summed E-state index contributed by atoms with van der Waals surface area (Å²) in [5.41, 5.74) is 5.52. The standard InChI is InChI=1S/C10H18N2O2/c1-8-2-3-10(14-8)4-5-12-6-9(11)7-13/h2-3,9,12-13H,4-7,11H2,1H3. The van der Waals surface area contributed by atoms with E-state index in [0.29, 0.717) is 6.54 Å². The van der Waals surface area contributed by atoms with Crippen molar-refractivity contribution in [2.75, 3.05) is 19.7 Å². The molecule has 0 saturated heterocycles. The quantitative estimate of drug-likeness (QED) is 0.564. The fourth-order valence-corrected chi connectivity index (χ4v) is 1.18. The van der Waals surface area contributed by atoms with Crippen molar-refractivity contribution < 1.29 is 9.52 Å². The van der Waals surface area contributed by atoms with Gasteiger partial charge in [0.05, 0.1) is 6.61 Å². The van der Waals surface area contributed by atoms with E-state index in [1.54, 1.807) is 0 Å². The van der Waals surface area contributed by atoms with Gasteiger partial charge in [0.1, 0.15) is 11.5 Å². The zero-order chi connectivity index (χ0) is 10.4. The lowest BCUT2D eigenvalue weighted by molar-refractivity contribution is 0.262. The Morgan fingerprint density at radius 1 is 1.57 bits per heavy atom. The summed E-state index contributed by atoms with van der Waals surface area (Å²) in [4.78, 5) is 0. The van der Waals surface area contributed by atoms with Crippen LogP contribution in [0.4, 0.5) is 0 Å². The Bertz CT molecular complexity index is 260. The fraction of sp³-hybridized carbons (Fsp3) is 0.600. The lowest BCUT2D eigenvalue weighted by atomic mass is 10.3. The molecule has 0 amide bonds. The molecule has 0 spiro atoms. The largest absolute Gasteiger partial charge is 0.466 e. The average molecular weight is 198 g/mol. The van der Waals surface area contributed by atoms with Gasteiger partial charge in [0.15, 0.2) is 0 Å². The number of aliphatic hydroxyl groups excluding tert-OH is 1. The van der Waals surface area contributed by atoms with E-state index < -0.39 is 0 Å². The van der Waals surface area contributed by atoms with Gasteiger partial charge >= 0.3 is 0 Å². The van der Waals surface area contributed by atoms with Crippen molar-refractivity contribution >= 4 is 0 Å².